The van der Waals surface area contributed by atoms with Crippen LogP contribution >= 0.6 is 0 Å². The molecule has 0 amide bonds. The molecule has 0 radical (unpaired) electrons. The van der Waals surface area contributed by atoms with Gasteiger partial charge in [-0.05, 0) is 44.9 Å². The first-order valence-corrected chi connectivity index (χ1v) is 7.27. The molecule has 4 heteroatoms. The second kappa shape index (κ2) is 8.59. The number of hydrogen-bond donors (Lipinski definition) is 1. The standard InChI is InChI=1S/C16H25NO3/c1-5-12(4)17-15(16(18)20-7-3)13-8-10-14(11-9-13)19-6-2/h8-12,15,17H,5-7H2,1-4H3. The summed E-state index contributed by atoms with van der Waals surface area (Å²) in [6.07, 6.45) is 0.951. The molecule has 0 fully saturated rings. The van der Waals surface area contributed by atoms with Crippen LogP contribution in [0.4, 0.5) is 0 Å². The van der Waals surface area contributed by atoms with E-state index in [1.165, 1.54) is 0 Å². The summed E-state index contributed by atoms with van der Waals surface area (Å²) in [6, 6.07) is 7.38. The first-order valence-electron chi connectivity index (χ1n) is 7.27. The summed E-state index contributed by atoms with van der Waals surface area (Å²) in [6.45, 7) is 8.91. The smallest absolute Gasteiger partial charge is 0.327 e. The Morgan fingerprint density at radius 1 is 1.15 bits per heavy atom. The van der Waals surface area contributed by atoms with Gasteiger partial charge in [0.2, 0.25) is 0 Å². The molecule has 1 aromatic carbocycles. The van der Waals surface area contributed by atoms with E-state index in [1.807, 2.05) is 38.1 Å². The number of benzene rings is 1. The fraction of sp³-hybridized carbons (Fsp3) is 0.562. The number of ether oxygens (including phenoxy) is 2. The van der Waals surface area contributed by atoms with Crippen LogP contribution in [0.3, 0.4) is 0 Å². The van der Waals surface area contributed by atoms with Gasteiger partial charge < -0.3 is 9.47 Å². The molecule has 112 valence electrons. The van der Waals surface area contributed by atoms with E-state index in [4.69, 9.17) is 9.47 Å². The molecule has 1 N–H and O–H groups in total. The fourth-order valence-electron chi connectivity index (χ4n) is 1.85. The van der Waals surface area contributed by atoms with Crippen molar-refractivity contribution in [2.75, 3.05) is 13.2 Å². The summed E-state index contributed by atoms with van der Waals surface area (Å²) in [4.78, 5) is 12.1. The predicted molar refractivity (Wildman–Crippen MR) is 79.9 cm³/mol. The third kappa shape index (κ3) is 4.85. The number of carbonyl (C=O) groups excluding carboxylic acids is 1. The van der Waals surface area contributed by atoms with Gasteiger partial charge in [0.25, 0.3) is 0 Å². The minimum atomic E-state index is -0.430. The van der Waals surface area contributed by atoms with Gasteiger partial charge in [0.15, 0.2) is 0 Å². The highest BCUT2D eigenvalue weighted by atomic mass is 16.5. The van der Waals surface area contributed by atoms with Crippen molar-refractivity contribution in [2.45, 2.75) is 46.2 Å². The molecule has 0 saturated carbocycles. The van der Waals surface area contributed by atoms with Crippen molar-refractivity contribution in [3.63, 3.8) is 0 Å². The number of hydrogen-bond acceptors (Lipinski definition) is 4. The minimum Gasteiger partial charge on any atom is -0.494 e. The third-order valence-electron chi connectivity index (χ3n) is 3.11. The summed E-state index contributed by atoms with van der Waals surface area (Å²) < 4.78 is 10.6. The summed E-state index contributed by atoms with van der Waals surface area (Å²) in [5, 5.41) is 3.30. The van der Waals surface area contributed by atoms with Gasteiger partial charge in [-0.1, -0.05) is 19.1 Å². The molecule has 0 aliphatic carbocycles. The van der Waals surface area contributed by atoms with Crippen molar-refractivity contribution in [3.05, 3.63) is 29.8 Å². The van der Waals surface area contributed by atoms with Gasteiger partial charge in [-0.2, -0.15) is 0 Å². The predicted octanol–water partition coefficient (Wildman–Crippen LogP) is 3.08. The van der Waals surface area contributed by atoms with Gasteiger partial charge in [0.05, 0.1) is 13.2 Å². The lowest BCUT2D eigenvalue weighted by atomic mass is 10.1. The summed E-state index contributed by atoms with van der Waals surface area (Å²) in [7, 11) is 0. The molecule has 20 heavy (non-hydrogen) atoms. The van der Waals surface area contributed by atoms with Crippen LogP contribution in [-0.4, -0.2) is 25.2 Å². The third-order valence-corrected chi connectivity index (χ3v) is 3.11. The largest absolute Gasteiger partial charge is 0.494 e. The zero-order chi connectivity index (χ0) is 15.0. The van der Waals surface area contributed by atoms with E-state index in [9.17, 15) is 4.79 Å². The van der Waals surface area contributed by atoms with Gasteiger partial charge >= 0.3 is 5.97 Å². The molecule has 2 unspecified atom stereocenters. The average Bonchev–Trinajstić information content (AvgIpc) is 2.46. The van der Waals surface area contributed by atoms with Crippen LogP contribution in [0.15, 0.2) is 24.3 Å². The Kier molecular flexibility index (Phi) is 7.09. The van der Waals surface area contributed by atoms with E-state index in [2.05, 4.69) is 19.2 Å². The SMILES string of the molecule is CCOC(=O)C(NC(C)CC)c1ccc(OCC)cc1. The molecule has 0 aromatic heterocycles. The Labute approximate surface area is 121 Å². The summed E-state index contributed by atoms with van der Waals surface area (Å²) >= 11 is 0. The van der Waals surface area contributed by atoms with Crippen molar-refractivity contribution in [2.24, 2.45) is 0 Å². The van der Waals surface area contributed by atoms with Crippen LogP contribution in [0.25, 0.3) is 0 Å². The lowest BCUT2D eigenvalue weighted by Gasteiger charge is -2.21. The molecule has 0 spiro atoms. The highest BCUT2D eigenvalue weighted by Gasteiger charge is 2.23. The fourth-order valence-corrected chi connectivity index (χ4v) is 1.85. The van der Waals surface area contributed by atoms with E-state index in [-0.39, 0.29) is 12.0 Å². The average molecular weight is 279 g/mol. The van der Waals surface area contributed by atoms with Gasteiger partial charge in [-0.25, -0.2) is 4.79 Å². The number of carbonyl (C=O) groups is 1. The number of nitrogens with one attached hydrogen (secondary N) is 1. The molecule has 0 bridgehead atoms. The highest BCUT2D eigenvalue weighted by molar-refractivity contribution is 5.77. The van der Waals surface area contributed by atoms with Crippen LogP contribution in [-0.2, 0) is 9.53 Å². The van der Waals surface area contributed by atoms with Crippen molar-refractivity contribution >= 4 is 5.97 Å². The molecule has 4 nitrogen and oxygen atoms in total. The van der Waals surface area contributed by atoms with Crippen LogP contribution in [0.5, 0.6) is 5.75 Å². The zero-order valence-corrected chi connectivity index (χ0v) is 12.8. The molecule has 0 aliphatic rings. The molecule has 2 atom stereocenters. The molecule has 1 aromatic rings. The summed E-state index contributed by atoms with van der Waals surface area (Å²) in [5.41, 5.74) is 0.896. The highest BCUT2D eigenvalue weighted by Crippen LogP contribution is 2.20. The Balaban J connectivity index is 2.88. The topological polar surface area (TPSA) is 47.6 Å². The quantitative estimate of drug-likeness (QED) is 0.743. The van der Waals surface area contributed by atoms with Crippen LogP contribution in [0.1, 0.15) is 45.7 Å². The van der Waals surface area contributed by atoms with Crippen molar-refractivity contribution in [1.82, 2.24) is 5.32 Å². The number of esters is 1. The van der Waals surface area contributed by atoms with Gasteiger partial charge in [0.1, 0.15) is 11.8 Å². The van der Waals surface area contributed by atoms with Crippen molar-refractivity contribution < 1.29 is 14.3 Å². The Hall–Kier alpha value is -1.55. The second-order valence-corrected chi connectivity index (χ2v) is 4.66. The molecule has 0 heterocycles. The van der Waals surface area contributed by atoms with E-state index < -0.39 is 6.04 Å². The number of rotatable bonds is 8. The van der Waals surface area contributed by atoms with Crippen molar-refractivity contribution in [1.29, 1.82) is 0 Å². The van der Waals surface area contributed by atoms with Gasteiger partial charge in [-0.15, -0.1) is 0 Å². The van der Waals surface area contributed by atoms with E-state index in [0.717, 1.165) is 17.7 Å². The molecule has 0 saturated heterocycles. The maximum Gasteiger partial charge on any atom is 0.327 e. The van der Waals surface area contributed by atoms with Crippen molar-refractivity contribution in [3.8, 4) is 5.75 Å². The molecule has 1 rings (SSSR count). The first-order chi connectivity index (χ1) is 9.62. The van der Waals surface area contributed by atoms with Crippen LogP contribution in [0, 0.1) is 0 Å². The second-order valence-electron chi connectivity index (χ2n) is 4.66. The first kappa shape index (κ1) is 16.5. The molecular formula is C16H25NO3. The Morgan fingerprint density at radius 2 is 1.80 bits per heavy atom. The molecule has 0 aliphatic heterocycles. The maximum atomic E-state index is 12.1. The molecular weight excluding hydrogens is 254 g/mol. The monoisotopic (exact) mass is 279 g/mol. The Bertz CT molecular complexity index is 403. The van der Waals surface area contributed by atoms with E-state index in [0.29, 0.717) is 13.2 Å². The van der Waals surface area contributed by atoms with Gasteiger partial charge in [-0.3, -0.25) is 5.32 Å². The van der Waals surface area contributed by atoms with Gasteiger partial charge in [0, 0.05) is 6.04 Å². The Morgan fingerprint density at radius 3 is 2.30 bits per heavy atom. The van der Waals surface area contributed by atoms with E-state index >= 15 is 0 Å². The normalized spacial score (nSPS) is 13.6. The maximum absolute atomic E-state index is 12.1. The minimum absolute atomic E-state index is 0.239. The lowest BCUT2D eigenvalue weighted by molar-refractivity contribution is -0.146. The lowest BCUT2D eigenvalue weighted by Crippen LogP contribution is -2.36. The van der Waals surface area contributed by atoms with E-state index in [1.54, 1.807) is 0 Å². The van der Waals surface area contributed by atoms with Crippen LogP contribution in [0.2, 0.25) is 0 Å². The summed E-state index contributed by atoms with van der Waals surface area (Å²) in [5.74, 6) is 0.569. The van der Waals surface area contributed by atoms with Crippen LogP contribution < -0.4 is 10.1 Å². The zero-order valence-electron chi connectivity index (χ0n) is 12.8.